The average molecular weight is 362 g/mol. The van der Waals surface area contributed by atoms with Crippen molar-refractivity contribution < 1.29 is 4.79 Å². The Morgan fingerprint density at radius 1 is 1.22 bits per heavy atom. The zero-order chi connectivity index (χ0) is 18.6. The summed E-state index contributed by atoms with van der Waals surface area (Å²) in [5.74, 6) is 0.0356. The number of nitrogens with zero attached hydrogens (tertiary/aromatic N) is 5. The van der Waals surface area contributed by atoms with Crippen LogP contribution in [0, 0.1) is 6.92 Å². The summed E-state index contributed by atoms with van der Waals surface area (Å²) in [6.07, 6.45) is 3.44. The molecule has 0 unspecified atom stereocenters. The number of likely N-dealkylation sites (tertiary alicyclic amines) is 1. The van der Waals surface area contributed by atoms with Gasteiger partial charge in [0.05, 0.1) is 11.7 Å². The van der Waals surface area contributed by atoms with Crippen molar-refractivity contribution in [2.24, 2.45) is 0 Å². The molecule has 138 valence electrons. The molecule has 2 aromatic carbocycles. The van der Waals surface area contributed by atoms with Crippen LogP contribution >= 0.6 is 0 Å². The average Bonchev–Trinajstić information content (AvgIpc) is 3.36. The maximum atomic E-state index is 12.9. The van der Waals surface area contributed by atoms with Gasteiger partial charge in [0.2, 0.25) is 5.91 Å². The van der Waals surface area contributed by atoms with Gasteiger partial charge < -0.3 is 5.32 Å². The summed E-state index contributed by atoms with van der Waals surface area (Å²) in [4.78, 5) is 15.1. The van der Waals surface area contributed by atoms with E-state index in [9.17, 15) is 4.79 Å². The zero-order valence-corrected chi connectivity index (χ0v) is 15.2. The van der Waals surface area contributed by atoms with Crippen LogP contribution in [0.3, 0.4) is 0 Å². The van der Waals surface area contributed by atoms with E-state index in [4.69, 9.17) is 0 Å². The highest BCUT2D eigenvalue weighted by Crippen LogP contribution is 2.22. The standard InChI is InChI=1S/C20H22N6O/c1-15-7-9-16(10-8-15)13-25-11-3-6-19(25)20(27)22-17-4-2-5-18(12-17)26-14-21-23-24-26/h2,4-5,7-10,12,14,19H,3,6,11,13H2,1H3,(H,22,27)/t19-/m0/s1. The summed E-state index contributed by atoms with van der Waals surface area (Å²) in [7, 11) is 0. The van der Waals surface area contributed by atoms with Gasteiger partial charge in [0.1, 0.15) is 6.33 Å². The molecule has 3 aromatic rings. The molecular weight excluding hydrogens is 340 g/mol. The van der Waals surface area contributed by atoms with E-state index < -0.39 is 0 Å². The molecule has 0 saturated carbocycles. The van der Waals surface area contributed by atoms with Crippen LogP contribution in [0.4, 0.5) is 5.69 Å². The summed E-state index contributed by atoms with van der Waals surface area (Å²) < 4.78 is 1.56. The first-order chi connectivity index (χ1) is 13.2. The molecule has 1 aromatic heterocycles. The molecule has 4 rings (SSSR count). The molecule has 27 heavy (non-hydrogen) atoms. The predicted molar refractivity (Wildman–Crippen MR) is 102 cm³/mol. The second-order valence-corrected chi connectivity index (χ2v) is 6.91. The largest absolute Gasteiger partial charge is 0.325 e. The molecule has 0 bridgehead atoms. The number of aryl methyl sites for hydroxylation is 1. The molecule has 1 aliphatic heterocycles. The van der Waals surface area contributed by atoms with Crippen molar-refractivity contribution in [1.29, 1.82) is 0 Å². The van der Waals surface area contributed by atoms with E-state index in [0.29, 0.717) is 0 Å². The van der Waals surface area contributed by atoms with E-state index in [0.717, 1.165) is 37.3 Å². The molecule has 1 aliphatic rings. The molecule has 1 saturated heterocycles. The minimum absolute atomic E-state index is 0.0356. The molecule has 0 spiro atoms. The normalized spacial score (nSPS) is 17.1. The van der Waals surface area contributed by atoms with E-state index in [1.54, 1.807) is 4.68 Å². The predicted octanol–water partition coefficient (Wildman–Crippen LogP) is 2.57. The summed E-state index contributed by atoms with van der Waals surface area (Å²) in [5, 5.41) is 14.2. The minimum atomic E-state index is -0.108. The van der Waals surface area contributed by atoms with Gasteiger partial charge in [-0.05, 0) is 60.5 Å². The van der Waals surface area contributed by atoms with Gasteiger partial charge in [-0.3, -0.25) is 9.69 Å². The highest BCUT2D eigenvalue weighted by molar-refractivity contribution is 5.95. The Morgan fingerprint density at radius 3 is 2.85 bits per heavy atom. The molecule has 2 heterocycles. The highest BCUT2D eigenvalue weighted by Gasteiger charge is 2.30. The number of amides is 1. The van der Waals surface area contributed by atoms with E-state index in [1.165, 1.54) is 17.5 Å². The molecule has 1 atom stereocenters. The number of carbonyl (C=O) groups excluding carboxylic acids is 1. The quantitative estimate of drug-likeness (QED) is 0.755. The SMILES string of the molecule is Cc1ccc(CN2CCC[C@H]2C(=O)Nc2cccc(-n3cnnn3)c2)cc1. The lowest BCUT2D eigenvalue weighted by Crippen LogP contribution is -2.39. The third-order valence-electron chi connectivity index (χ3n) is 4.90. The van der Waals surface area contributed by atoms with Crippen molar-refractivity contribution in [2.45, 2.75) is 32.4 Å². The van der Waals surface area contributed by atoms with E-state index in [1.807, 2.05) is 24.3 Å². The Balaban J connectivity index is 1.44. The fourth-order valence-electron chi connectivity index (χ4n) is 3.47. The smallest absolute Gasteiger partial charge is 0.241 e. The van der Waals surface area contributed by atoms with Crippen LogP contribution in [-0.4, -0.2) is 43.6 Å². The monoisotopic (exact) mass is 362 g/mol. The van der Waals surface area contributed by atoms with Crippen molar-refractivity contribution >= 4 is 11.6 Å². The summed E-state index contributed by atoms with van der Waals surface area (Å²) in [5.41, 5.74) is 4.04. The fraction of sp³-hybridized carbons (Fsp3) is 0.300. The Bertz CT molecular complexity index is 906. The minimum Gasteiger partial charge on any atom is -0.325 e. The number of rotatable bonds is 5. The lowest BCUT2D eigenvalue weighted by Gasteiger charge is -2.24. The number of hydrogen-bond acceptors (Lipinski definition) is 5. The molecule has 1 amide bonds. The number of carbonyl (C=O) groups is 1. The topological polar surface area (TPSA) is 75.9 Å². The van der Waals surface area contributed by atoms with Crippen LogP contribution in [0.15, 0.2) is 54.9 Å². The summed E-state index contributed by atoms with van der Waals surface area (Å²) in [6, 6.07) is 15.9. The summed E-state index contributed by atoms with van der Waals surface area (Å²) >= 11 is 0. The van der Waals surface area contributed by atoms with Crippen LogP contribution in [0.25, 0.3) is 5.69 Å². The Hall–Kier alpha value is -3.06. The molecule has 0 aliphatic carbocycles. The van der Waals surface area contributed by atoms with Crippen molar-refractivity contribution in [3.8, 4) is 5.69 Å². The number of tetrazole rings is 1. The number of anilines is 1. The van der Waals surface area contributed by atoms with Crippen molar-refractivity contribution in [3.05, 3.63) is 66.0 Å². The van der Waals surface area contributed by atoms with Crippen molar-refractivity contribution in [2.75, 3.05) is 11.9 Å². The van der Waals surface area contributed by atoms with Gasteiger partial charge in [-0.15, -0.1) is 5.10 Å². The second kappa shape index (κ2) is 7.67. The zero-order valence-electron chi connectivity index (χ0n) is 15.2. The van der Waals surface area contributed by atoms with Crippen molar-refractivity contribution in [1.82, 2.24) is 25.1 Å². The van der Waals surface area contributed by atoms with Crippen LogP contribution in [0.2, 0.25) is 0 Å². The Morgan fingerprint density at radius 2 is 2.07 bits per heavy atom. The number of aromatic nitrogens is 4. The maximum Gasteiger partial charge on any atom is 0.241 e. The first-order valence-corrected chi connectivity index (χ1v) is 9.13. The Labute approximate surface area is 158 Å². The molecular formula is C20H22N6O. The lowest BCUT2D eigenvalue weighted by atomic mass is 10.1. The molecule has 1 fully saturated rings. The molecule has 7 heteroatoms. The third-order valence-corrected chi connectivity index (χ3v) is 4.90. The van der Waals surface area contributed by atoms with Gasteiger partial charge in [0.15, 0.2) is 0 Å². The van der Waals surface area contributed by atoms with E-state index >= 15 is 0 Å². The molecule has 7 nitrogen and oxygen atoms in total. The number of benzene rings is 2. The first-order valence-electron chi connectivity index (χ1n) is 9.13. The van der Waals surface area contributed by atoms with Crippen LogP contribution in [-0.2, 0) is 11.3 Å². The van der Waals surface area contributed by atoms with Gasteiger partial charge in [-0.1, -0.05) is 35.9 Å². The van der Waals surface area contributed by atoms with Gasteiger partial charge in [0.25, 0.3) is 0 Å². The van der Waals surface area contributed by atoms with Crippen molar-refractivity contribution in [3.63, 3.8) is 0 Å². The van der Waals surface area contributed by atoms with E-state index in [-0.39, 0.29) is 11.9 Å². The highest BCUT2D eigenvalue weighted by atomic mass is 16.2. The van der Waals surface area contributed by atoms with Gasteiger partial charge >= 0.3 is 0 Å². The number of hydrogen-bond donors (Lipinski definition) is 1. The second-order valence-electron chi connectivity index (χ2n) is 6.91. The summed E-state index contributed by atoms with van der Waals surface area (Å²) in [6.45, 7) is 3.82. The number of nitrogens with one attached hydrogen (secondary N) is 1. The van der Waals surface area contributed by atoms with Gasteiger partial charge in [0, 0.05) is 12.2 Å². The van der Waals surface area contributed by atoms with Gasteiger partial charge in [-0.2, -0.15) is 0 Å². The van der Waals surface area contributed by atoms with Crippen LogP contribution < -0.4 is 5.32 Å². The molecule has 1 N–H and O–H groups in total. The van der Waals surface area contributed by atoms with E-state index in [2.05, 4.69) is 56.9 Å². The van der Waals surface area contributed by atoms with Gasteiger partial charge in [-0.25, -0.2) is 4.68 Å². The fourth-order valence-corrected chi connectivity index (χ4v) is 3.47. The lowest BCUT2D eigenvalue weighted by molar-refractivity contribution is -0.120. The maximum absolute atomic E-state index is 12.9. The molecule has 0 radical (unpaired) electrons. The van der Waals surface area contributed by atoms with Crippen LogP contribution in [0.5, 0.6) is 0 Å². The third kappa shape index (κ3) is 4.03. The van der Waals surface area contributed by atoms with Crippen LogP contribution in [0.1, 0.15) is 24.0 Å². The Kier molecular flexibility index (Phi) is 4.93. The first kappa shape index (κ1) is 17.4.